The molecule has 4 nitrogen and oxygen atoms in total. The van der Waals surface area contributed by atoms with Gasteiger partial charge >= 0.3 is 0 Å². The van der Waals surface area contributed by atoms with Crippen molar-refractivity contribution in [3.05, 3.63) is 23.8 Å². The van der Waals surface area contributed by atoms with Gasteiger partial charge in [0.2, 0.25) is 0 Å². The second-order valence-corrected chi connectivity index (χ2v) is 4.37. The molecule has 1 aromatic rings. The first-order valence-corrected chi connectivity index (χ1v) is 5.95. The van der Waals surface area contributed by atoms with Gasteiger partial charge in [0, 0.05) is 0 Å². The molecule has 0 aromatic heterocycles. The fraction of sp³-hybridized carbons (Fsp3) is 0.538. The standard InChI is InChI=1S/C13H19NO3/c1-16-12-6-5-9(11(14)8-15)7-13(12)17-10-3-2-4-10/h5-7,10-11,15H,2-4,8,14H2,1H3. The number of aliphatic hydroxyl groups excluding tert-OH is 1. The summed E-state index contributed by atoms with van der Waals surface area (Å²) in [5.41, 5.74) is 6.65. The van der Waals surface area contributed by atoms with Crippen LogP contribution in [0.15, 0.2) is 18.2 Å². The van der Waals surface area contributed by atoms with Crippen LogP contribution in [-0.2, 0) is 0 Å². The fourth-order valence-corrected chi connectivity index (χ4v) is 1.79. The van der Waals surface area contributed by atoms with E-state index in [0.717, 1.165) is 24.2 Å². The third kappa shape index (κ3) is 2.70. The van der Waals surface area contributed by atoms with Crippen molar-refractivity contribution in [3.63, 3.8) is 0 Å². The van der Waals surface area contributed by atoms with Gasteiger partial charge in [-0.15, -0.1) is 0 Å². The molecule has 1 saturated carbocycles. The van der Waals surface area contributed by atoms with E-state index >= 15 is 0 Å². The maximum Gasteiger partial charge on any atom is 0.161 e. The first kappa shape index (κ1) is 12.2. The van der Waals surface area contributed by atoms with Crippen molar-refractivity contribution in [2.45, 2.75) is 31.4 Å². The molecule has 4 heteroatoms. The Morgan fingerprint density at radius 1 is 1.41 bits per heavy atom. The number of aliphatic hydroxyl groups is 1. The molecular weight excluding hydrogens is 218 g/mol. The number of rotatable bonds is 5. The van der Waals surface area contributed by atoms with Gasteiger partial charge in [-0.1, -0.05) is 6.07 Å². The van der Waals surface area contributed by atoms with Gasteiger partial charge in [0.1, 0.15) is 0 Å². The molecule has 1 aromatic carbocycles. The van der Waals surface area contributed by atoms with Crippen LogP contribution < -0.4 is 15.2 Å². The summed E-state index contributed by atoms with van der Waals surface area (Å²) in [5, 5.41) is 9.05. The highest BCUT2D eigenvalue weighted by Crippen LogP contribution is 2.34. The van der Waals surface area contributed by atoms with Gasteiger partial charge < -0.3 is 20.3 Å². The molecule has 17 heavy (non-hydrogen) atoms. The van der Waals surface area contributed by atoms with E-state index in [1.165, 1.54) is 6.42 Å². The van der Waals surface area contributed by atoms with Crippen LogP contribution in [-0.4, -0.2) is 24.9 Å². The molecule has 2 rings (SSSR count). The number of hydrogen-bond acceptors (Lipinski definition) is 4. The van der Waals surface area contributed by atoms with E-state index in [2.05, 4.69) is 0 Å². The summed E-state index contributed by atoms with van der Waals surface area (Å²) >= 11 is 0. The molecule has 1 atom stereocenters. The third-order valence-corrected chi connectivity index (χ3v) is 3.16. The topological polar surface area (TPSA) is 64.7 Å². The Morgan fingerprint density at radius 3 is 2.71 bits per heavy atom. The van der Waals surface area contributed by atoms with E-state index in [1.54, 1.807) is 7.11 Å². The maximum atomic E-state index is 9.05. The average molecular weight is 237 g/mol. The van der Waals surface area contributed by atoms with E-state index in [-0.39, 0.29) is 12.6 Å². The maximum absolute atomic E-state index is 9.05. The van der Waals surface area contributed by atoms with Gasteiger partial charge in [-0.3, -0.25) is 0 Å². The lowest BCUT2D eigenvalue weighted by Gasteiger charge is -2.27. The van der Waals surface area contributed by atoms with Crippen molar-refractivity contribution < 1.29 is 14.6 Å². The van der Waals surface area contributed by atoms with Gasteiger partial charge in [-0.25, -0.2) is 0 Å². The SMILES string of the molecule is COc1ccc(C(N)CO)cc1OC1CCC1. The number of hydrogen-bond donors (Lipinski definition) is 2. The number of methoxy groups -OCH3 is 1. The molecule has 94 valence electrons. The quantitative estimate of drug-likeness (QED) is 0.816. The Balaban J connectivity index is 2.19. The van der Waals surface area contributed by atoms with Crippen LogP contribution in [0.1, 0.15) is 30.9 Å². The molecule has 1 unspecified atom stereocenters. The zero-order valence-electron chi connectivity index (χ0n) is 10.1. The largest absolute Gasteiger partial charge is 0.493 e. The van der Waals surface area contributed by atoms with Crippen molar-refractivity contribution in [3.8, 4) is 11.5 Å². The van der Waals surface area contributed by atoms with Crippen LogP contribution in [0.5, 0.6) is 11.5 Å². The molecule has 0 heterocycles. The van der Waals surface area contributed by atoms with Crippen LogP contribution in [0.25, 0.3) is 0 Å². The van der Waals surface area contributed by atoms with E-state index in [0.29, 0.717) is 11.9 Å². The zero-order chi connectivity index (χ0) is 12.3. The van der Waals surface area contributed by atoms with Crippen LogP contribution >= 0.6 is 0 Å². The van der Waals surface area contributed by atoms with Gasteiger partial charge in [0.15, 0.2) is 11.5 Å². The summed E-state index contributed by atoms with van der Waals surface area (Å²) in [6, 6.07) is 5.18. The van der Waals surface area contributed by atoms with Crippen molar-refractivity contribution in [1.82, 2.24) is 0 Å². The monoisotopic (exact) mass is 237 g/mol. The first-order valence-electron chi connectivity index (χ1n) is 5.95. The second kappa shape index (κ2) is 5.38. The van der Waals surface area contributed by atoms with Crippen LogP contribution in [0.3, 0.4) is 0 Å². The predicted octanol–water partition coefficient (Wildman–Crippen LogP) is 1.62. The van der Waals surface area contributed by atoms with Crippen LogP contribution in [0.4, 0.5) is 0 Å². The summed E-state index contributed by atoms with van der Waals surface area (Å²) in [7, 11) is 1.62. The predicted molar refractivity (Wildman–Crippen MR) is 65.3 cm³/mol. The van der Waals surface area contributed by atoms with E-state index in [1.807, 2.05) is 18.2 Å². The summed E-state index contributed by atoms with van der Waals surface area (Å²) in [6.45, 7) is -0.0742. The number of ether oxygens (including phenoxy) is 2. The molecule has 0 radical (unpaired) electrons. The first-order chi connectivity index (χ1) is 8.24. The summed E-state index contributed by atoms with van der Waals surface area (Å²) in [4.78, 5) is 0. The Morgan fingerprint density at radius 2 is 2.18 bits per heavy atom. The highest BCUT2D eigenvalue weighted by atomic mass is 16.5. The second-order valence-electron chi connectivity index (χ2n) is 4.37. The Hall–Kier alpha value is -1.26. The molecule has 0 aliphatic heterocycles. The summed E-state index contributed by atoms with van der Waals surface area (Å²) < 4.78 is 11.1. The Kier molecular flexibility index (Phi) is 3.86. The molecular formula is C13H19NO3. The molecule has 0 saturated heterocycles. The fourth-order valence-electron chi connectivity index (χ4n) is 1.79. The van der Waals surface area contributed by atoms with E-state index < -0.39 is 0 Å². The highest BCUT2D eigenvalue weighted by molar-refractivity contribution is 5.44. The van der Waals surface area contributed by atoms with Gasteiger partial charge in [0.25, 0.3) is 0 Å². The molecule has 0 spiro atoms. The van der Waals surface area contributed by atoms with Crippen LogP contribution in [0, 0.1) is 0 Å². The summed E-state index contributed by atoms with van der Waals surface area (Å²) in [5.74, 6) is 1.43. The van der Waals surface area contributed by atoms with Gasteiger partial charge in [-0.2, -0.15) is 0 Å². The third-order valence-electron chi connectivity index (χ3n) is 3.16. The van der Waals surface area contributed by atoms with Gasteiger partial charge in [-0.05, 0) is 37.0 Å². The molecule has 0 bridgehead atoms. The molecule has 1 fully saturated rings. The number of nitrogens with two attached hydrogens (primary N) is 1. The lowest BCUT2D eigenvalue weighted by Crippen LogP contribution is -2.25. The smallest absolute Gasteiger partial charge is 0.161 e. The molecule has 0 amide bonds. The van der Waals surface area contributed by atoms with Crippen molar-refractivity contribution in [2.75, 3.05) is 13.7 Å². The Labute approximate surface area is 101 Å². The lowest BCUT2D eigenvalue weighted by atomic mass is 9.96. The normalized spacial score (nSPS) is 17.4. The minimum absolute atomic E-state index is 0.0742. The van der Waals surface area contributed by atoms with E-state index in [4.69, 9.17) is 20.3 Å². The number of benzene rings is 1. The van der Waals surface area contributed by atoms with E-state index in [9.17, 15) is 0 Å². The van der Waals surface area contributed by atoms with Crippen LogP contribution in [0.2, 0.25) is 0 Å². The van der Waals surface area contributed by atoms with Crippen molar-refractivity contribution >= 4 is 0 Å². The average Bonchev–Trinajstić information content (AvgIpc) is 2.32. The van der Waals surface area contributed by atoms with Crippen molar-refractivity contribution in [2.24, 2.45) is 5.73 Å². The lowest BCUT2D eigenvalue weighted by molar-refractivity contribution is 0.116. The molecule has 1 aliphatic rings. The minimum atomic E-state index is -0.371. The van der Waals surface area contributed by atoms with Gasteiger partial charge in [0.05, 0.1) is 25.9 Å². The van der Waals surface area contributed by atoms with Crippen molar-refractivity contribution in [1.29, 1.82) is 0 Å². The highest BCUT2D eigenvalue weighted by Gasteiger charge is 2.21. The molecule has 3 N–H and O–H groups in total. The zero-order valence-corrected chi connectivity index (χ0v) is 10.1. The summed E-state index contributed by atoms with van der Waals surface area (Å²) in [6.07, 6.45) is 3.71. The molecule has 1 aliphatic carbocycles. The Bertz CT molecular complexity index is 377. The minimum Gasteiger partial charge on any atom is -0.493 e.